The molecular formula is C93H105N6P3Zr2-6. The Kier molecular flexibility index (Phi) is 53.7. The Hall–Kier alpha value is -7.77. The molecule has 12 rings (SSSR count). The van der Waals surface area contributed by atoms with Gasteiger partial charge in [0.1, 0.15) is 5.58 Å². The van der Waals surface area contributed by atoms with Gasteiger partial charge in [0.05, 0.1) is 0 Å². The third kappa shape index (κ3) is 40.5. The summed E-state index contributed by atoms with van der Waals surface area (Å²) in [4.78, 5) is 4.70. The smallest absolute Gasteiger partial charge is 0.674 e. The molecule has 6 nitrogen and oxygen atoms in total. The second kappa shape index (κ2) is 60.5. The first kappa shape index (κ1) is 92.3. The van der Waals surface area contributed by atoms with E-state index in [-0.39, 0.29) is 64.2 Å². The molecular weight excluding hydrogens is 1480 g/mol. The minimum Gasteiger partial charge on any atom is -0.674 e. The molecule has 0 atom stereocenters. The summed E-state index contributed by atoms with van der Waals surface area (Å²) in [5, 5.41) is 30.4. The predicted octanol–water partition coefficient (Wildman–Crippen LogP) is 22.7. The zero-order chi connectivity index (χ0) is 73.3. The van der Waals surface area contributed by atoms with Gasteiger partial charge >= 0.3 is 26.2 Å². The molecule has 0 spiro atoms. The minimum atomic E-state index is -0.587. The average molecular weight is 1580 g/mol. The van der Waals surface area contributed by atoms with Gasteiger partial charge in [0.15, 0.2) is 0 Å². The normalized spacial score (nSPS) is 10.0. The maximum atomic E-state index is 4.73. The summed E-state index contributed by atoms with van der Waals surface area (Å²) in [6.45, 7) is 39.8. The van der Waals surface area contributed by atoms with Gasteiger partial charge in [0.2, 0.25) is 0 Å². The van der Waals surface area contributed by atoms with Crippen molar-refractivity contribution < 1.29 is 52.4 Å². The van der Waals surface area contributed by atoms with Crippen LogP contribution in [0.5, 0.6) is 0 Å². The summed E-state index contributed by atoms with van der Waals surface area (Å²) in [5.41, 5.74) is 7.54. The molecule has 0 radical (unpaired) electrons. The number of benzene rings is 12. The van der Waals surface area contributed by atoms with Gasteiger partial charge in [-0.2, -0.15) is 174 Å². The summed E-state index contributed by atoms with van der Waals surface area (Å²) < 4.78 is 0. The van der Waals surface area contributed by atoms with Crippen molar-refractivity contribution in [1.29, 1.82) is 0 Å². The van der Waals surface area contributed by atoms with E-state index in [1.54, 1.807) is 0 Å². The largest absolute Gasteiger partial charge is 4.00 e. The molecule has 12 aromatic rings. The predicted molar refractivity (Wildman–Crippen MR) is 457 cm³/mol. The van der Waals surface area contributed by atoms with E-state index in [1.807, 2.05) is 182 Å². The van der Waals surface area contributed by atoms with Crippen molar-refractivity contribution >= 4 is 61.2 Å². The van der Waals surface area contributed by atoms with Gasteiger partial charge in [-0.15, -0.1) is 72.8 Å². The molecule has 0 heterocycles. The zero-order valence-corrected chi connectivity index (χ0v) is 69.5. The maximum Gasteiger partial charge on any atom is 4.00 e. The summed E-state index contributed by atoms with van der Waals surface area (Å²) in [6, 6.07) is 123. The van der Waals surface area contributed by atoms with Gasteiger partial charge in [-0.3, -0.25) is 4.99 Å². The second-order valence-corrected chi connectivity index (χ2v) is 28.6. The Balaban J connectivity index is 0.000000414. The van der Waals surface area contributed by atoms with Crippen LogP contribution in [-0.2, 0) is 52.4 Å². The molecule has 0 bridgehead atoms. The third-order valence-corrected chi connectivity index (χ3v) is 21.3. The summed E-state index contributed by atoms with van der Waals surface area (Å²) in [5.74, 6) is 0.120. The molecule has 0 aliphatic heterocycles. The molecule has 0 saturated heterocycles. The van der Waals surface area contributed by atoms with Gasteiger partial charge in [-0.1, -0.05) is 262 Å². The number of hydrogen-bond acceptors (Lipinski definition) is 1. The summed E-state index contributed by atoms with van der Waals surface area (Å²) in [7, 11) is -1.71. The zero-order valence-electron chi connectivity index (χ0n) is 61.9. The number of nitrogens with one attached hydrogen (secondary N) is 1. The third-order valence-electron chi connectivity index (χ3n) is 13.9. The van der Waals surface area contributed by atoms with Crippen LogP contribution in [0.4, 0.5) is 0 Å². The van der Waals surface area contributed by atoms with Crippen molar-refractivity contribution in [2.75, 3.05) is 39.3 Å². The number of nitrogens with zero attached hydrogens (tertiary/aromatic N) is 5. The van der Waals surface area contributed by atoms with E-state index < -0.39 is 23.8 Å². The number of aliphatic imine (C=N–C) groups is 1. The second-order valence-electron chi connectivity index (χ2n) is 22.0. The van der Waals surface area contributed by atoms with Gasteiger partial charge in [0.25, 0.3) is 0 Å². The van der Waals surface area contributed by atoms with Crippen molar-refractivity contribution in [1.82, 2.24) is 5.32 Å². The van der Waals surface area contributed by atoms with Gasteiger partial charge in [-0.05, 0) is 45.7 Å². The van der Waals surface area contributed by atoms with E-state index in [0.717, 1.165) is 78.2 Å². The van der Waals surface area contributed by atoms with Crippen molar-refractivity contribution in [2.24, 2.45) is 4.99 Å². The summed E-state index contributed by atoms with van der Waals surface area (Å²) in [6.07, 6.45) is 0. The fourth-order valence-electron chi connectivity index (χ4n) is 9.21. The van der Waals surface area contributed by atoms with E-state index in [9.17, 15) is 0 Å². The monoisotopic (exact) mass is 1580 g/mol. The first-order valence-electron chi connectivity index (χ1n) is 34.8. The number of amidine groups is 1. The maximum absolute atomic E-state index is 4.73. The van der Waals surface area contributed by atoms with Crippen LogP contribution >= 0.6 is 23.8 Å². The molecule has 0 fully saturated rings. The van der Waals surface area contributed by atoms with Crippen LogP contribution in [0.1, 0.15) is 74.9 Å². The van der Waals surface area contributed by atoms with Gasteiger partial charge < -0.3 is 26.6 Å². The Morgan fingerprint density at radius 1 is 0.279 bits per heavy atom. The van der Waals surface area contributed by atoms with Crippen LogP contribution < -0.4 is 37.1 Å². The number of rotatable bonds is 19. The van der Waals surface area contributed by atoms with Crippen molar-refractivity contribution in [3.8, 4) is 0 Å². The molecule has 0 aromatic heterocycles. The topological polar surface area (TPSA) is 80.8 Å². The molecule has 0 saturated carbocycles. The van der Waals surface area contributed by atoms with E-state index in [2.05, 4.69) is 270 Å². The fraction of sp³-hybridized carbons (Fsp3) is 0.151. The van der Waals surface area contributed by atoms with Gasteiger partial charge in [0, 0.05) is 47.2 Å². The first-order chi connectivity index (χ1) is 50.0. The SMILES string of the molecule is CCN=C(NCC)P(c1ccccc1)c1ccccc1.CC[N-]C([N-]CC)P(c1ccccc1)c1ccccc1.CC[N-]C([N-]CC)P(c1ccccc1)c1ccccc1.[CH2-]c1ccccc1.[CH2-]c1ccccc1.[CH2-]c1ccccc1.[CH2-]c1ccccc1.[CH2-]c1ccccc1.[CH2-]c1ccccc1.[Zr+4].[Zr]. The Morgan fingerprint density at radius 2 is 0.442 bits per heavy atom. The quantitative estimate of drug-likeness (QED) is 0.0372. The minimum absolute atomic E-state index is 0. The molecule has 0 aliphatic rings. The molecule has 12 aromatic carbocycles. The standard InChI is InChI=1S/3C17H21N2P.6C7H7.2Zr/c3*1-3-18-17(19-4-2)20(15-11-7-5-8-12-15)16-13-9-6-10-14-16;6*1-7-5-3-2-4-6-7;;/h5-14H,3-4H2,1-2H3,(H,18,19);2*5-14,17H,3-4H2,1-2H3;6*2-6H,1H2;;/q;2*-2;6*-1;;+4. The van der Waals surface area contributed by atoms with Crippen molar-refractivity contribution in [2.45, 2.75) is 53.4 Å². The van der Waals surface area contributed by atoms with E-state index in [4.69, 9.17) is 26.3 Å². The van der Waals surface area contributed by atoms with E-state index in [1.165, 1.54) is 31.8 Å². The fourth-order valence-corrected chi connectivity index (χ4v) is 16.5. The van der Waals surface area contributed by atoms with Crippen molar-refractivity contribution in [3.63, 3.8) is 0 Å². The first-order valence-corrected chi connectivity index (χ1v) is 39.0. The molecule has 104 heavy (non-hydrogen) atoms. The van der Waals surface area contributed by atoms with Crippen LogP contribution in [-0.4, -0.2) is 56.7 Å². The molecule has 0 aliphatic carbocycles. The van der Waals surface area contributed by atoms with E-state index in [0.29, 0.717) is 0 Å². The Bertz CT molecular complexity index is 3350. The van der Waals surface area contributed by atoms with E-state index >= 15 is 0 Å². The van der Waals surface area contributed by atoms with Crippen molar-refractivity contribution in [3.05, 3.63) is 460 Å². The van der Waals surface area contributed by atoms with Crippen LogP contribution in [0.25, 0.3) is 21.3 Å². The Labute approximate surface area is 670 Å². The molecule has 1 N–H and O–H groups in total. The van der Waals surface area contributed by atoms with Crippen LogP contribution in [0.15, 0.2) is 369 Å². The van der Waals surface area contributed by atoms with Gasteiger partial charge in [-0.25, -0.2) is 11.8 Å². The summed E-state index contributed by atoms with van der Waals surface area (Å²) >= 11 is 0. The molecule has 11 heteroatoms. The molecule has 536 valence electrons. The average Bonchev–Trinajstić information content (AvgIpc) is 0.844. The van der Waals surface area contributed by atoms with Crippen LogP contribution in [0.3, 0.4) is 0 Å². The molecule has 0 amide bonds. The molecule has 0 unspecified atom stereocenters. The number of hydrogen-bond donors (Lipinski definition) is 1. The van der Waals surface area contributed by atoms with Crippen LogP contribution in [0.2, 0.25) is 0 Å². The van der Waals surface area contributed by atoms with Crippen LogP contribution in [0, 0.1) is 41.5 Å². The Morgan fingerprint density at radius 3 is 0.577 bits per heavy atom.